The van der Waals surface area contributed by atoms with Gasteiger partial charge >= 0.3 is 0 Å². The van der Waals surface area contributed by atoms with Crippen molar-refractivity contribution in [1.82, 2.24) is 0 Å². The van der Waals surface area contributed by atoms with Gasteiger partial charge in [0, 0.05) is 11.8 Å². The largest absolute Gasteiger partial charge is 0.545 e. The van der Waals surface area contributed by atoms with E-state index in [0.29, 0.717) is 5.69 Å². The number of carboxylic acids is 1. The molecule has 0 aromatic heterocycles. The van der Waals surface area contributed by atoms with Crippen LogP contribution in [0.4, 0.5) is 11.4 Å². The maximum absolute atomic E-state index is 10.9. The average molecular weight is 251 g/mol. The summed E-state index contributed by atoms with van der Waals surface area (Å²) in [4.78, 5) is 22.9. The van der Waals surface area contributed by atoms with Crippen molar-refractivity contribution in [2.75, 3.05) is 31.1 Å². The number of carboxylic acid groups (broad SMARTS) is 1. The van der Waals surface area contributed by atoms with Gasteiger partial charge < -0.3 is 20.1 Å². The molecule has 0 bridgehead atoms. The fourth-order valence-corrected chi connectivity index (χ4v) is 2.05. The molecule has 1 fully saturated rings. The van der Waals surface area contributed by atoms with Crippen molar-refractivity contribution in [3.05, 3.63) is 33.9 Å². The van der Waals surface area contributed by atoms with E-state index in [1.807, 2.05) is 4.90 Å². The monoisotopic (exact) mass is 251 g/mol. The van der Waals surface area contributed by atoms with E-state index in [0.717, 1.165) is 26.2 Å². The fourth-order valence-electron chi connectivity index (χ4n) is 2.05. The van der Waals surface area contributed by atoms with Crippen LogP contribution < -0.4 is 15.3 Å². The lowest BCUT2D eigenvalue weighted by atomic mass is 10.1. The van der Waals surface area contributed by atoms with Crippen LogP contribution in [0.1, 0.15) is 10.4 Å². The Kier molecular flexibility index (Phi) is 3.42. The third-order valence-electron chi connectivity index (χ3n) is 2.97. The van der Waals surface area contributed by atoms with Crippen LogP contribution in [-0.4, -0.2) is 37.1 Å². The first-order valence-electron chi connectivity index (χ1n) is 5.66. The summed E-state index contributed by atoms with van der Waals surface area (Å²) in [5.41, 5.74) is -0.109. The zero-order chi connectivity index (χ0) is 13.1. The second kappa shape index (κ2) is 5.01. The molecular formula is C11H13N3O4. The van der Waals surface area contributed by atoms with Crippen LogP contribution in [0.25, 0.3) is 0 Å². The number of hydrogen-bond donors (Lipinski definition) is 1. The average Bonchev–Trinajstić information content (AvgIpc) is 2.39. The summed E-state index contributed by atoms with van der Waals surface area (Å²) in [6.07, 6.45) is 0. The third kappa shape index (κ3) is 2.40. The fraction of sp³-hybridized carbons (Fsp3) is 0.364. The van der Waals surface area contributed by atoms with Gasteiger partial charge in [0.25, 0.3) is 5.69 Å². The van der Waals surface area contributed by atoms with Crippen LogP contribution in [0.3, 0.4) is 0 Å². The molecule has 1 aromatic carbocycles. The molecule has 0 atom stereocenters. The number of rotatable bonds is 3. The van der Waals surface area contributed by atoms with Crippen LogP contribution >= 0.6 is 0 Å². The highest BCUT2D eigenvalue weighted by Gasteiger charge is 2.19. The summed E-state index contributed by atoms with van der Waals surface area (Å²) in [5.74, 6) is -1.52. The Balaban J connectivity index is 2.36. The van der Waals surface area contributed by atoms with Crippen LogP contribution in [-0.2, 0) is 0 Å². The molecule has 7 heteroatoms. The van der Waals surface area contributed by atoms with Crippen molar-refractivity contribution < 1.29 is 20.1 Å². The van der Waals surface area contributed by atoms with Crippen LogP contribution in [0.2, 0.25) is 0 Å². The Morgan fingerprint density at radius 1 is 1.33 bits per heavy atom. The molecular weight excluding hydrogens is 238 g/mol. The Morgan fingerprint density at radius 2 is 2.00 bits per heavy atom. The number of quaternary nitrogens is 1. The molecule has 0 amide bonds. The van der Waals surface area contributed by atoms with Crippen LogP contribution in [0.5, 0.6) is 0 Å². The lowest BCUT2D eigenvalue weighted by molar-refractivity contribution is -0.655. The number of anilines is 1. The number of nitrogens with two attached hydrogens (primary N) is 1. The second-order valence-electron chi connectivity index (χ2n) is 4.10. The zero-order valence-corrected chi connectivity index (χ0v) is 9.67. The number of aromatic carboxylic acids is 1. The first kappa shape index (κ1) is 12.3. The highest BCUT2D eigenvalue weighted by molar-refractivity contribution is 5.92. The summed E-state index contributed by atoms with van der Waals surface area (Å²) in [5, 5.41) is 23.8. The third-order valence-corrected chi connectivity index (χ3v) is 2.97. The molecule has 0 unspecified atom stereocenters. The van der Waals surface area contributed by atoms with Crippen molar-refractivity contribution in [3.8, 4) is 0 Å². The lowest BCUT2D eigenvalue weighted by Gasteiger charge is -2.27. The van der Waals surface area contributed by atoms with Crippen LogP contribution in [0.15, 0.2) is 18.2 Å². The van der Waals surface area contributed by atoms with Gasteiger partial charge in [0.15, 0.2) is 0 Å². The van der Waals surface area contributed by atoms with E-state index in [9.17, 15) is 20.0 Å². The van der Waals surface area contributed by atoms with Gasteiger partial charge in [-0.25, -0.2) is 0 Å². The number of nitro benzene ring substituents is 1. The van der Waals surface area contributed by atoms with Gasteiger partial charge in [0.2, 0.25) is 0 Å². The molecule has 0 radical (unpaired) electrons. The van der Waals surface area contributed by atoms with Gasteiger partial charge in [-0.2, -0.15) is 0 Å². The smallest absolute Gasteiger partial charge is 0.278 e. The Hall–Kier alpha value is -2.15. The highest BCUT2D eigenvalue weighted by atomic mass is 16.6. The topological polar surface area (TPSA) is 103 Å². The van der Waals surface area contributed by atoms with Crippen molar-refractivity contribution in [3.63, 3.8) is 0 Å². The van der Waals surface area contributed by atoms with E-state index in [1.165, 1.54) is 12.1 Å². The molecule has 1 saturated heterocycles. The SMILES string of the molecule is O=C([O-])c1cc(N2CC[NH2+]CC2)ccc1[N+](=O)[O-]. The molecule has 1 aromatic rings. The molecule has 96 valence electrons. The number of nitro groups is 1. The quantitative estimate of drug-likeness (QED) is 0.511. The first-order chi connectivity index (χ1) is 8.59. The lowest BCUT2D eigenvalue weighted by Crippen LogP contribution is -2.89. The van der Waals surface area contributed by atoms with Crippen molar-refractivity contribution >= 4 is 17.3 Å². The van der Waals surface area contributed by atoms with E-state index >= 15 is 0 Å². The predicted molar refractivity (Wildman–Crippen MR) is 61.3 cm³/mol. The molecule has 2 N–H and O–H groups in total. The summed E-state index contributed by atoms with van der Waals surface area (Å²) in [7, 11) is 0. The Bertz CT molecular complexity index is 483. The standard InChI is InChI=1S/C11H13N3O4/c15-11(16)9-7-8(1-2-10(9)14(17)18)13-5-3-12-4-6-13/h1-2,7,12H,3-6H2,(H,15,16). The summed E-state index contributed by atoms with van der Waals surface area (Å²) < 4.78 is 0. The Morgan fingerprint density at radius 3 is 2.56 bits per heavy atom. The number of hydrogen-bond acceptors (Lipinski definition) is 5. The van der Waals surface area contributed by atoms with Crippen molar-refractivity contribution in [2.45, 2.75) is 0 Å². The highest BCUT2D eigenvalue weighted by Crippen LogP contribution is 2.24. The number of benzene rings is 1. The molecule has 18 heavy (non-hydrogen) atoms. The predicted octanol–water partition coefficient (Wildman–Crippen LogP) is -1.66. The van der Waals surface area contributed by atoms with Crippen molar-refractivity contribution in [2.24, 2.45) is 0 Å². The normalized spacial score (nSPS) is 15.4. The summed E-state index contributed by atoms with van der Waals surface area (Å²) in [6.45, 7) is 3.45. The minimum absolute atomic E-state index is 0.368. The maximum Gasteiger partial charge on any atom is 0.278 e. The zero-order valence-electron chi connectivity index (χ0n) is 9.67. The first-order valence-corrected chi connectivity index (χ1v) is 5.66. The molecule has 2 rings (SSSR count). The van der Waals surface area contributed by atoms with Gasteiger partial charge in [-0.1, -0.05) is 0 Å². The minimum Gasteiger partial charge on any atom is -0.545 e. The van der Waals surface area contributed by atoms with Crippen LogP contribution in [0, 0.1) is 10.1 Å². The summed E-state index contributed by atoms with van der Waals surface area (Å²) in [6, 6.07) is 4.12. The summed E-state index contributed by atoms with van der Waals surface area (Å²) >= 11 is 0. The molecule has 7 nitrogen and oxygen atoms in total. The van der Waals surface area contributed by atoms with Gasteiger partial charge in [-0.15, -0.1) is 0 Å². The number of carbonyl (C=O) groups is 1. The van der Waals surface area contributed by atoms with E-state index in [2.05, 4.69) is 5.32 Å². The number of carbonyl (C=O) groups excluding carboxylic acids is 1. The number of nitrogens with zero attached hydrogens (tertiary/aromatic N) is 2. The molecule has 1 aliphatic rings. The van der Waals surface area contributed by atoms with E-state index in [4.69, 9.17) is 0 Å². The second-order valence-corrected chi connectivity index (χ2v) is 4.10. The molecule has 1 aliphatic heterocycles. The molecule has 0 spiro atoms. The molecule has 1 heterocycles. The molecule has 0 aliphatic carbocycles. The van der Waals surface area contributed by atoms with Gasteiger partial charge in [-0.05, 0) is 12.1 Å². The molecule has 0 saturated carbocycles. The van der Waals surface area contributed by atoms with E-state index < -0.39 is 16.6 Å². The van der Waals surface area contributed by atoms with Gasteiger partial charge in [-0.3, -0.25) is 10.1 Å². The van der Waals surface area contributed by atoms with E-state index in [1.54, 1.807) is 6.07 Å². The van der Waals surface area contributed by atoms with E-state index in [-0.39, 0.29) is 5.56 Å². The van der Waals surface area contributed by atoms with Gasteiger partial charge in [0.1, 0.15) is 0 Å². The minimum atomic E-state index is -1.52. The Labute approximate surface area is 103 Å². The number of piperazine rings is 1. The maximum atomic E-state index is 10.9. The van der Waals surface area contributed by atoms with Crippen molar-refractivity contribution in [1.29, 1.82) is 0 Å². The van der Waals surface area contributed by atoms with Gasteiger partial charge in [0.05, 0.1) is 42.6 Å².